The number of nitrogens with zero attached hydrogens (tertiary/aromatic N) is 6. The van der Waals surface area contributed by atoms with E-state index in [-0.39, 0.29) is 33.2 Å². The number of likely N-dealkylation sites (tertiary alicyclic amines) is 1. The fourth-order valence-electron chi connectivity index (χ4n) is 6.15. The van der Waals surface area contributed by atoms with Gasteiger partial charge in [0.15, 0.2) is 16.0 Å². The van der Waals surface area contributed by atoms with Crippen molar-refractivity contribution in [2.45, 2.75) is 80.6 Å². The lowest BCUT2D eigenvalue weighted by atomic mass is 9.86. The first-order chi connectivity index (χ1) is 18.9. The minimum absolute atomic E-state index is 0.0688. The first kappa shape index (κ1) is 26.3. The topological polar surface area (TPSA) is 133 Å². The molecule has 3 saturated carbocycles. The summed E-state index contributed by atoms with van der Waals surface area (Å²) in [6, 6.07) is 4.12. The van der Waals surface area contributed by atoms with Gasteiger partial charge in [0.25, 0.3) is 0 Å². The molecular weight excluding hydrogens is 570 g/mol. The zero-order chi connectivity index (χ0) is 28.2. The van der Waals surface area contributed by atoms with Crippen molar-refractivity contribution in [2.24, 2.45) is 11.8 Å². The summed E-state index contributed by atoms with van der Waals surface area (Å²) in [5.41, 5.74) is 0.212. The number of rotatable bonds is 7. The van der Waals surface area contributed by atoms with Gasteiger partial charge >= 0.3 is 0 Å². The molecule has 3 aromatic rings. The van der Waals surface area contributed by atoms with Crippen molar-refractivity contribution in [1.82, 2.24) is 29.2 Å². The van der Waals surface area contributed by atoms with E-state index in [1.807, 2.05) is 25.7 Å². The summed E-state index contributed by atoms with van der Waals surface area (Å²) in [7, 11) is -3.84. The molecule has 3 aromatic heterocycles. The lowest BCUT2D eigenvalue weighted by molar-refractivity contribution is -0.135. The maximum atomic E-state index is 13.6. The minimum Gasteiger partial charge on any atom is -0.342 e. The highest BCUT2D eigenvalue weighted by Gasteiger charge is 2.59. The number of piperidine rings is 1. The highest BCUT2D eigenvalue weighted by atomic mass is 35.5. The fourth-order valence-corrected chi connectivity index (χ4v) is 8.94. The van der Waals surface area contributed by atoms with Crippen LogP contribution in [0.3, 0.4) is 0 Å². The summed E-state index contributed by atoms with van der Waals surface area (Å²) in [5.74, 6) is 0.703. The van der Waals surface area contributed by atoms with Crippen LogP contribution in [0.4, 0.5) is 0 Å². The summed E-state index contributed by atoms with van der Waals surface area (Å²) in [6.45, 7) is 6.99. The summed E-state index contributed by atoms with van der Waals surface area (Å²) >= 11 is 8.12. The molecule has 1 amide bonds. The van der Waals surface area contributed by atoms with Gasteiger partial charge in [0.1, 0.15) is 10.4 Å². The second-order valence-electron chi connectivity index (χ2n) is 12.6. The second kappa shape index (κ2) is 8.47. The van der Waals surface area contributed by atoms with Gasteiger partial charge in [-0.2, -0.15) is 5.26 Å². The van der Waals surface area contributed by atoms with Crippen LogP contribution < -0.4 is 4.72 Å². The summed E-state index contributed by atoms with van der Waals surface area (Å²) in [5, 5.41) is 19.7. The molecule has 1 saturated heterocycles. The molecule has 0 spiro atoms. The number of halogens is 1. The predicted octanol–water partition coefficient (Wildman–Crippen LogP) is 4.04. The van der Waals surface area contributed by atoms with Gasteiger partial charge in [-0.3, -0.25) is 9.20 Å². The Labute approximate surface area is 241 Å². The molecule has 40 heavy (non-hydrogen) atoms. The maximum Gasteiger partial charge on any atom is 0.242 e. The van der Waals surface area contributed by atoms with Crippen LogP contribution in [-0.4, -0.2) is 57.4 Å². The Morgan fingerprint density at radius 2 is 2.00 bits per heavy atom. The molecule has 7 rings (SSSR count). The van der Waals surface area contributed by atoms with Gasteiger partial charge in [-0.25, -0.2) is 18.1 Å². The Balaban J connectivity index is 1.36. The smallest absolute Gasteiger partial charge is 0.242 e. The van der Waals surface area contributed by atoms with Crippen molar-refractivity contribution in [3.63, 3.8) is 0 Å². The number of imidazole rings is 1. The standard InChI is InChI=1S/C27H30ClN7O3S2/c1-15(2)23(36)34-9-8-27(11-16(27)12-34)18-10-17(40(37,38)33-25(3)4-5-25)13-35-19(18)20(28)30-21(35)22-31-32-24(39-22)26(14-29)6-7-26/h10,13,15-16,33H,4-9,11-12H2,1-3H3/t16-,27+/m1/s1. The zero-order valence-corrected chi connectivity index (χ0v) is 25.0. The molecule has 1 aliphatic heterocycles. The van der Waals surface area contributed by atoms with Crippen molar-refractivity contribution in [3.05, 3.63) is 28.0 Å². The van der Waals surface area contributed by atoms with E-state index >= 15 is 0 Å². The number of carbonyl (C=O) groups is 1. The highest BCUT2D eigenvalue weighted by molar-refractivity contribution is 7.89. The molecule has 13 heteroatoms. The molecule has 4 heterocycles. The van der Waals surface area contributed by atoms with Gasteiger partial charge in [-0.05, 0) is 63.0 Å². The van der Waals surface area contributed by atoms with Gasteiger partial charge in [0.2, 0.25) is 15.9 Å². The molecule has 1 N–H and O–H groups in total. The number of nitrogens with one attached hydrogen (secondary N) is 1. The van der Waals surface area contributed by atoms with Crippen molar-refractivity contribution in [3.8, 4) is 16.9 Å². The maximum absolute atomic E-state index is 13.6. The SMILES string of the molecule is CC(C)C(=O)N1CC[C@]2(c3cc(S(=O)(=O)NC4(C)CC4)cn4c(-c5nnc(C6(C#N)CC6)s5)nc(Cl)c34)C[C@@H]2C1. The van der Waals surface area contributed by atoms with Crippen molar-refractivity contribution < 1.29 is 13.2 Å². The molecule has 0 unspecified atom stereocenters. The number of hydrogen-bond donors (Lipinski definition) is 1. The normalized spacial score (nSPS) is 26.0. The average molecular weight is 600 g/mol. The third kappa shape index (κ3) is 4.00. The van der Waals surface area contributed by atoms with E-state index in [0.29, 0.717) is 34.4 Å². The van der Waals surface area contributed by atoms with E-state index in [1.165, 1.54) is 11.3 Å². The third-order valence-electron chi connectivity index (χ3n) is 9.19. The summed E-state index contributed by atoms with van der Waals surface area (Å²) in [6.07, 6.45) is 6.24. The van der Waals surface area contributed by atoms with Crippen LogP contribution in [-0.2, 0) is 25.6 Å². The largest absolute Gasteiger partial charge is 0.342 e. The molecule has 10 nitrogen and oxygen atoms in total. The molecular formula is C27H30ClN7O3S2. The van der Waals surface area contributed by atoms with Gasteiger partial charge in [0, 0.05) is 36.2 Å². The third-order valence-corrected chi connectivity index (χ3v) is 12.2. The first-order valence-electron chi connectivity index (χ1n) is 13.7. The Kier molecular flexibility index (Phi) is 5.57. The van der Waals surface area contributed by atoms with Gasteiger partial charge in [0.05, 0.1) is 16.5 Å². The van der Waals surface area contributed by atoms with Gasteiger partial charge in [-0.1, -0.05) is 36.8 Å². The summed E-state index contributed by atoms with van der Waals surface area (Å²) < 4.78 is 31.9. The van der Waals surface area contributed by atoms with Gasteiger partial charge < -0.3 is 4.90 Å². The Morgan fingerprint density at radius 3 is 2.62 bits per heavy atom. The van der Waals surface area contributed by atoms with E-state index in [1.54, 1.807) is 16.7 Å². The van der Waals surface area contributed by atoms with Crippen molar-refractivity contribution >= 4 is 44.4 Å². The average Bonchev–Trinajstić information content (AvgIpc) is 3.88. The molecule has 4 aliphatic rings. The monoisotopic (exact) mass is 599 g/mol. The van der Waals surface area contributed by atoms with Crippen LogP contribution >= 0.6 is 22.9 Å². The zero-order valence-electron chi connectivity index (χ0n) is 22.6. The lowest BCUT2D eigenvalue weighted by Gasteiger charge is -2.33. The van der Waals surface area contributed by atoms with Crippen LogP contribution in [0.25, 0.3) is 16.3 Å². The van der Waals surface area contributed by atoms with Crippen LogP contribution in [0.15, 0.2) is 17.2 Å². The summed E-state index contributed by atoms with van der Waals surface area (Å²) in [4.78, 5) is 19.5. The molecule has 0 aromatic carbocycles. The number of nitriles is 1. The molecule has 4 fully saturated rings. The van der Waals surface area contributed by atoms with E-state index < -0.39 is 21.0 Å². The predicted molar refractivity (Wildman–Crippen MR) is 149 cm³/mol. The Hall–Kier alpha value is -2.59. The van der Waals surface area contributed by atoms with E-state index in [9.17, 15) is 18.5 Å². The number of carbonyl (C=O) groups excluding carboxylic acids is 1. The minimum atomic E-state index is -3.84. The Bertz CT molecular complexity index is 1730. The van der Waals surface area contributed by atoms with Crippen LogP contribution in [0.5, 0.6) is 0 Å². The molecule has 0 radical (unpaired) electrons. The number of fused-ring (bicyclic) bond motifs is 2. The van der Waals surface area contributed by atoms with Gasteiger partial charge in [-0.15, -0.1) is 10.2 Å². The fraction of sp³-hybridized carbons (Fsp3) is 0.593. The Morgan fingerprint density at radius 1 is 1.25 bits per heavy atom. The first-order valence-corrected chi connectivity index (χ1v) is 16.4. The lowest BCUT2D eigenvalue weighted by Crippen LogP contribution is -2.42. The number of aromatic nitrogens is 4. The molecule has 3 aliphatic carbocycles. The van der Waals surface area contributed by atoms with Crippen LogP contribution in [0.2, 0.25) is 5.15 Å². The number of amides is 1. The second-order valence-corrected chi connectivity index (χ2v) is 15.6. The number of hydrogen-bond acceptors (Lipinski definition) is 8. The van der Waals surface area contributed by atoms with Crippen molar-refractivity contribution in [1.29, 1.82) is 5.26 Å². The van der Waals surface area contributed by atoms with Crippen LogP contribution in [0, 0.1) is 23.2 Å². The van der Waals surface area contributed by atoms with Crippen molar-refractivity contribution in [2.75, 3.05) is 13.1 Å². The van der Waals surface area contributed by atoms with Crippen LogP contribution in [0.1, 0.15) is 69.9 Å². The van der Waals surface area contributed by atoms with E-state index in [0.717, 1.165) is 44.1 Å². The molecule has 210 valence electrons. The number of sulfonamides is 1. The molecule has 0 bridgehead atoms. The number of pyridine rings is 1. The quantitative estimate of drug-likeness (QED) is 0.433. The van der Waals surface area contributed by atoms with E-state index in [2.05, 4.69) is 26.0 Å². The highest BCUT2D eigenvalue weighted by Crippen LogP contribution is 2.61. The van der Waals surface area contributed by atoms with E-state index in [4.69, 9.17) is 11.6 Å². The molecule has 2 atom stereocenters.